The zero-order valence-corrected chi connectivity index (χ0v) is 10.4. The van der Waals surface area contributed by atoms with Crippen LogP contribution in [0, 0.1) is 0 Å². The topological polar surface area (TPSA) is 24.1 Å². The Morgan fingerprint density at radius 1 is 0.929 bits per heavy atom. The molecule has 2 heteroatoms. The van der Waals surface area contributed by atoms with Crippen molar-refractivity contribution >= 4 is 0 Å². The molecule has 0 aliphatic heterocycles. The SMILES string of the molecule is CCCCC(C)NCCC(C)NCC. The van der Waals surface area contributed by atoms with Crippen LogP contribution in [0.1, 0.15) is 53.4 Å². The lowest BCUT2D eigenvalue weighted by Gasteiger charge is -2.16. The minimum Gasteiger partial charge on any atom is -0.314 e. The van der Waals surface area contributed by atoms with Gasteiger partial charge >= 0.3 is 0 Å². The van der Waals surface area contributed by atoms with Gasteiger partial charge in [-0.25, -0.2) is 0 Å². The molecule has 0 spiro atoms. The Labute approximate surface area is 89.9 Å². The first-order valence-electron chi connectivity index (χ1n) is 6.17. The fraction of sp³-hybridized carbons (Fsp3) is 1.00. The highest BCUT2D eigenvalue weighted by atomic mass is 14.9. The fourth-order valence-electron chi connectivity index (χ4n) is 1.61. The second kappa shape index (κ2) is 9.47. The summed E-state index contributed by atoms with van der Waals surface area (Å²) in [5, 5.41) is 6.99. The summed E-state index contributed by atoms with van der Waals surface area (Å²) in [5.41, 5.74) is 0. The second-order valence-corrected chi connectivity index (χ2v) is 4.24. The van der Waals surface area contributed by atoms with E-state index in [4.69, 9.17) is 0 Å². The zero-order chi connectivity index (χ0) is 10.8. The molecule has 0 amide bonds. The number of rotatable bonds is 9. The molecular weight excluding hydrogens is 172 g/mol. The van der Waals surface area contributed by atoms with E-state index in [9.17, 15) is 0 Å². The summed E-state index contributed by atoms with van der Waals surface area (Å²) < 4.78 is 0. The van der Waals surface area contributed by atoms with Crippen LogP contribution in [-0.4, -0.2) is 25.2 Å². The summed E-state index contributed by atoms with van der Waals surface area (Å²) in [7, 11) is 0. The van der Waals surface area contributed by atoms with Gasteiger partial charge in [-0.1, -0.05) is 26.7 Å². The molecule has 0 heterocycles. The fourth-order valence-corrected chi connectivity index (χ4v) is 1.61. The Bertz CT molecular complexity index is 115. The van der Waals surface area contributed by atoms with Gasteiger partial charge in [-0.05, 0) is 39.8 Å². The molecule has 0 bridgehead atoms. The third kappa shape index (κ3) is 8.52. The van der Waals surface area contributed by atoms with E-state index in [0.29, 0.717) is 12.1 Å². The maximum Gasteiger partial charge on any atom is 0.00506 e. The van der Waals surface area contributed by atoms with E-state index in [2.05, 4.69) is 38.3 Å². The molecule has 0 saturated heterocycles. The standard InChI is InChI=1S/C12H28N2/c1-5-7-8-11(3)14-10-9-12(4)13-6-2/h11-14H,5-10H2,1-4H3. The number of nitrogens with one attached hydrogen (secondary N) is 2. The molecule has 2 N–H and O–H groups in total. The number of hydrogen-bond donors (Lipinski definition) is 2. The average molecular weight is 200 g/mol. The molecule has 2 atom stereocenters. The van der Waals surface area contributed by atoms with Crippen molar-refractivity contribution in [2.24, 2.45) is 0 Å². The van der Waals surface area contributed by atoms with Crippen LogP contribution < -0.4 is 10.6 Å². The van der Waals surface area contributed by atoms with Crippen LogP contribution in [0.4, 0.5) is 0 Å². The van der Waals surface area contributed by atoms with Gasteiger partial charge in [0.05, 0.1) is 0 Å². The number of unbranched alkanes of at least 4 members (excludes halogenated alkanes) is 1. The van der Waals surface area contributed by atoms with E-state index in [1.54, 1.807) is 0 Å². The molecule has 0 radical (unpaired) electrons. The molecule has 2 nitrogen and oxygen atoms in total. The Hall–Kier alpha value is -0.0800. The van der Waals surface area contributed by atoms with Gasteiger partial charge in [0.25, 0.3) is 0 Å². The van der Waals surface area contributed by atoms with Crippen LogP contribution in [0.15, 0.2) is 0 Å². The Balaban J connectivity index is 3.25. The monoisotopic (exact) mass is 200 g/mol. The molecule has 0 rings (SSSR count). The van der Waals surface area contributed by atoms with Crippen LogP contribution >= 0.6 is 0 Å². The maximum atomic E-state index is 3.57. The molecule has 86 valence electrons. The van der Waals surface area contributed by atoms with E-state index in [1.807, 2.05) is 0 Å². The highest BCUT2D eigenvalue weighted by molar-refractivity contribution is 4.65. The molecule has 2 unspecified atom stereocenters. The Morgan fingerprint density at radius 2 is 1.57 bits per heavy atom. The predicted octanol–water partition coefficient (Wildman–Crippen LogP) is 2.54. The molecule has 14 heavy (non-hydrogen) atoms. The van der Waals surface area contributed by atoms with Crippen LogP contribution in [-0.2, 0) is 0 Å². The van der Waals surface area contributed by atoms with Gasteiger partial charge in [0.1, 0.15) is 0 Å². The second-order valence-electron chi connectivity index (χ2n) is 4.24. The zero-order valence-electron chi connectivity index (χ0n) is 10.4. The van der Waals surface area contributed by atoms with Crippen molar-refractivity contribution in [3.63, 3.8) is 0 Å². The third-order valence-corrected chi connectivity index (χ3v) is 2.61. The van der Waals surface area contributed by atoms with Crippen molar-refractivity contribution in [3.8, 4) is 0 Å². The largest absolute Gasteiger partial charge is 0.314 e. The van der Waals surface area contributed by atoms with Crippen molar-refractivity contribution in [2.45, 2.75) is 65.5 Å². The first kappa shape index (κ1) is 13.9. The molecule has 0 aliphatic carbocycles. The number of hydrogen-bond acceptors (Lipinski definition) is 2. The maximum absolute atomic E-state index is 3.57. The van der Waals surface area contributed by atoms with E-state index in [-0.39, 0.29) is 0 Å². The lowest BCUT2D eigenvalue weighted by molar-refractivity contribution is 0.451. The van der Waals surface area contributed by atoms with E-state index in [0.717, 1.165) is 13.1 Å². The summed E-state index contributed by atoms with van der Waals surface area (Å²) in [4.78, 5) is 0. The molecule has 0 aliphatic rings. The molecule has 0 saturated carbocycles. The molecule has 0 fully saturated rings. The third-order valence-electron chi connectivity index (χ3n) is 2.61. The van der Waals surface area contributed by atoms with Crippen LogP contribution in [0.2, 0.25) is 0 Å². The minimum atomic E-state index is 0.644. The molecule has 0 aromatic heterocycles. The van der Waals surface area contributed by atoms with E-state index in [1.165, 1.54) is 25.7 Å². The summed E-state index contributed by atoms with van der Waals surface area (Å²) >= 11 is 0. The van der Waals surface area contributed by atoms with E-state index < -0.39 is 0 Å². The average Bonchev–Trinajstić information content (AvgIpc) is 2.15. The van der Waals surface area contributed by atoms with Crippen molar-refractivity contribution in [3.05, 3.63) is 0 Å². The lowest BCUT2D eigenvalue weighted by Crippen LogP contribution is -2.33. The summed E-state index contributed by atoms with van der Waals surface area (Å²) in [6.45, 7) is 11.2. The summed E-state index contributed by atoms with van der Waals surface area (Å²) in [6, 6.07) is 1.33. The Kier molecular flexibility index (Phi) is 9.42. The van der Waals surface area contributed by atoms with Gasteiger partial charge in [-0.2, -0.15) is 0 Å². The van der Waals surface area contributed by atoms with Gasteiger partial charge in [0.15, 0.2) is 0 Å². The smallest absolute Gasteiger partial charge is 0.00506 e. The summed E-state index contributed by atoms with van der Waals surface area (Å²) in [6.07, 6.45) is 5.19. The summed E-state index contributed by atoms with van der Waals surface area (Å²) in [5.74, 6) is 0. The highest BCUT2D eigenvalue weighted by Gasteiger charge is 2.02. The van der Waals surface area contributed by atoms with Gasteiger partial charge in [-0.3, -0.25) is 0 Å². The Morgan fingerprint density at radius 3 is 2.14 bits per heavy atom. The quantitative estimate of drug-likeness (QED) is 0.598. The van der Waals surface area contributed by atoms with Crippen molar-refractivity contribution in [2.75, 3.05) is 13.1 Å². The van der Waals surface area contributed by atoms with Crippen molar-refractivity contribution < 1.29 is 0 Å². The normalized spacial score (nSPS) is 15.4. The highest BCUT2D eigenvalue weighted by Crippen LogP contribution is 1.99. The van der Waals surface area contributed by atoms with Gasteiger partial charge in [0, 0.05) is 12.1 Å². The van der Waals surface area contributed by atoms with E-state index >= 15 is 0 Å². The van der Waals surface area contributed by atoms with Crippen LogP contribution in [0.3, 0.4) is 0 Å². The first-order valence-corrected chi connectivity index (χ1v) is 6.17. The first-order chi connectivity index (χ1) is 6.70. The lowest BCUT2D eigenvalue weighted by atomic mass is 10.1. The molecular formula is C12H28N2. The van der Waals surface area contributed by atoms with Crippen LogP contribution in [0.5, 0.6) is 0 Å². The van der Waals surface area contributed by atoms with Gasteiger partial charge < -0.3 is 10.6 Å². The molecule has 0 aromatic rings. The minimum absolute atomic E-state index is 0.644. The van der Waals surface area contributed by atoms with Crippen molar-refractivity contribution in [1.29, 1.82) is 0 Å². The van der Waals surface area contributed by atoms with Crippen molar-refractivity contribution in [1.82, 2.24) is 10.6 Å². The predicted molar refractivity (Wildman–Crippen MR) is 64.7 cm³/mol. The van der Waals surface area contributed by atoms with Crippen LogP contribution in [0.25, 0.3) is 0 Å². The molecule has 0 aromatic carbocycles. The van der Waals surface area contributed by atoms with Gasteiger partial charge in [0.2, 0.25) is 0 Å². The van der Waals surface area contributed by atoms with Gasteiger partial charge in [-0.15, -0.1) is 0 Å².